The third kappa shape index (κ3) is 2.63. The molecule has 6 heteroatoms. The van der Waals surface area contributed by atoms with E-state index in [2.05, 4.69) is 11.2 Å². The highest BCUT2D eigenvalue weighted by Gasteiger charge is 2.44. The summed E-state index contributed by atoms with van der Waals surface area (Å²) in [5.74, 6) is 0. The zero-order valence-electron chi connectivity index (χ0n) is 13.7. The minimum absolute atomic E-state index is 0.0206. The van der Waals surface area contributed by atoms with Crippen molar-refractivity contribution < 1.29 is 14.0 Å². The minimum atomic E-state index is -0.421. The van der Waals surface area contributed by atoms with E-state index in [0.29, 0.717) is 0 Å². The zero-order chi connectivity index (χ0) is 16.5. The van der Waals surface area contributed by atoms with Gasteiger partial charge >= 0.3 is 7.12 Å². The van der Waals surface area contributed by atoms with Crippen molar-refractivity contribution in [1.82, 2.24) is 9.78 Å². The molecule has 24 heavy (non-hydrogen) atoms. The van der Waals surface area contributed by atoms with E-state index in [1.807, 2.05) is 60.3 Å². The predicted molar refractivity (Wildman–Crippen MR) is 92.6 cm³/mol. The molecule has 2 aromatic rings. The lowest BCUT2D eigenvalue weighted by Gasteiger charge is -2.21. The van der Waals surface area contributed by atoms with Crippen molar-refractivity contribution in [2.24, 2.45) is 0 Å². The number of methoxy groups -OCH3 is 1. The molecular weight excluding hydrogens is 303 g/mol. The van der Waals surface area contributed by atoms with Crippen LogP contribution in [-0.2, 0) is 14.0 Å². The molecule has 122 valence electrons. The topological polar surface area (TPSA) is 45.5 Å². The predicted octanol–water partition coefficient (Wildman–Crippen LogP) is 2.18. The van der Waals surface area contributed by atoms with Gasteiger partial charge in [-0.25, -0.2) is 4.68 Å². The maximum atomic E-state index is 6.27. The number of benzene rings is 1. The molecule has 5 nitrogen and oxygen atoms in total. The van der Waals surface area contributed by atoms with Crippen molar-refractivity contribution in [2.75, 3.05) is 7.11 Å². The summed E-state index contributed by atoms with van der Waals surface area (Å²) in [6.45, 7) is 2.02. The van der Waals surface area contributed by atoms with Crippen molar-refractivity contribution in [1.29, 1.82) is 0 Å². The van der Waals surface area contributed by atoms with Crippen molar-refractivity contribution in [3.63, 3.8) is 0 Å². The van der Waals surface area contributed by atoms with Crippen molar-refractivity contribution >= 4 is 18.3 Å². The summed E-state index contributed by atoms with van der Waals surface area (Å²) >= 11 is 0. The van der Waals surface area contributed by atoms with Crippen LogP contribution < -0.4 is 5.46 Å². The SMILES string of the molecule is CO[C@@H](C)c1ccccc1B1O[C@H]2C=CC=C(n3cccn3)[C@H]2O1. The molecule has 0 N–H and O–H groups in total. The highest BCUT2D eigenvalue weighted by molar-refractivity contribution is 6.62. The van der Waals surface area contributed by atoms with Crippen molar-refractivity contribution in [2.45, 2.75) is 25.2 Å². The average Bonchev–Trinajstić information content (AvgIpc) is 3.30. The van der Waals surface area contributed by atoms with Gasteiger partial charge in [-0.15, -0.1) is 0 Å². The second-order valence-electron chi connectivity index (χ2n) is 5.92. The average molecular weight is 322 g/mol. The fraction of sp³-hybridized carbons (Fsp3) is 0.278. The fourth-order valence-corrected chi connectivity index (χ4v) is 3.20. The molecule has 1 fully saturated rings. The highest BCUT2D eigenvalue weighted by Crippen LogP contribution is 2.30. The van der Waals surface area contributed by atoms with E-state index in [-0.39, 0.29) is 18.3 Å². The molecule has 0 saturated carbocycles. The van der Waals surface area contributed by atoms with E-state index in [1.165, 1.54) is 0 Å². The molecule has 1 aromatic heterocycles. The summed E-state index contributed by atoms with van der Waals surface area (Å²) in [5.41, 5.74) is 3.07. The molecule has 2 heterocycles. The van der Waals surface area contributed by atoms with Crippen LogP contribution in [0.3, 0.4) is 0 Å². The first-order valence-corrected chi connectivity index (χ1v) is 8.09. The van der Waals surface area contributed by atoms with Crippen LogP contribution in [0.1, 0.15) is 18.6 Å². The number of rotatable bonds is 4. The Kier molecular flexibility index (Phi) is 4.10. The largest absolute Gasteiger partial charge is 0.495 e. The van der Waals surface area contributed by atoms with E-state index in [4.69, 9.17) is 14.0 Å². The van der Waals surface area contributed by atoms with E-state index >= 15 is 0 Å². The molecule has 1 saturated heterocycles. The maximum Gasteiger partial charge on any atom is 0.495 e. The summed E-state index contributed by atoms with van der Waals surface area (Å²) in [6, 6.07) is 9.99. The summed E-state index contributed by atoms with van der Waals surface area (Å²) in [7, 11) is 1.29. The van der Waals surface area contributed by atoms with Crippen LogP contribution in [0, 0.1) is 0 Å². The van der Waals surface area contributed by atoms with Crippen LogP contribution in [-0.4, -0.2) is 36.2 Å². The smallest absolute Gasteiger partial charge is 0.398 e. The van der Waals surface area contributed by atoms with Gasteiger partial charge in [-0.05, 0) is 30.1 Å². The number of hydrogen-bond acceptors (Lipinski definition) is 4. The van der Waals surface area contributed by atoms with Crippen LogP contribution in [0.4, 0.5) is 0 Å². The standard InChI is InChI=1S/C18H19BN2O3/c1-13(22-2)14-7-3-4-8-15(14)19-23-17-10-5-9-16(18(17)24-19)21-12-6-11-20-21/h3-13,17-18H,1-2H3/t13-,17-,18+/m0/s1. The molecule has 4 rings (SSSR count). The first kappa shape index (κ1) is 15.4. The molecular formula is C18H19BN2O3. The highest BCUT2D eigenvalue weighted by atomic mass is 16.7. The molecule has 3 atom stereocenters. The fourth-order valence-electron chi connectivity index (χ4n) is 3.20. The molecule has 2 aliphatic rings. The van der Waals surface area contributed by atoms with E-state index in [1.54, 1.807) is 13.3 Å². The van der Waals surface area contributed by atoms with E-state index < -0.39 is 7.12 Å². The molecule has 1 aliphatic heterocycles. The lowest BCUT2D eigenvalue weighted by Crippen LogP contribution is -2.36. The zero-order valence-corrected chi connectivity index (χ0v) is 13.7. The van der Waals surface area contributed by atoms with Crippen LogP contribution in [0.15, 0.2) is 61.0 Å². The first-order valence-electron chi connectivity index (χ1n) is 8.09. The number of hydrogen-bond donors (Lipinski definition) is 0. The monoisotopic (exact) mass is 322 g/mol. The summed E-state index contributed by atoms with van der Waals surface area (Å²) in [4.78, 5) is 0. The maximum absolute atomic E-state index is 6.27. The van der Waals surface area contributed by atoms with Crippen LogP contribution >= 0.6 is 0 Å². The van der Waals surface area contributed by atoms with Crippen LogP contribution in [0.25, 0.3) is 5.70 Å². The van der Waals surface area contributed by atoms with Gasteiger partial charge in [-0.3, -0.25) is 0 Å². The van der Waals surface area contributed by atoms with Crippen LogP contribution in [0.2, 0.25) is 0 Å². The Labute approximate surface area is 141 Å². The summed E-state index contributed by atoms with van der Waals surface area (Å²) in [5, 5.41) is 4.32. The van der Waals surface area contributed by atoms with Crippen LogP contribution in [0.5, 0.6) is 0 Å². The second-order valence-corrected chi connectivity index (χ2v) is 5.92. The number of ether oxygens (including phenoxy) is 1. The van der Waals surface area contributed by atoms with Gasteiger partial charge in [-0.1, -0.05) is 36.4 Å². The van der Waals surface area contributed by atoms with Gasteiger partial charge in [0, 0.05) is 19.5 Å². The number of nitrogens with zero attached hydrogens (tertiary/aromatic N) is 2. The Balaban J connectivity index is 1.64. The van der Waals surface area contributed by atoms with Gasteiger partial charge < -0.3 is 14.0 Å². The molecule has 1 aliphatic carbocycles. The third-order valence-corrected chi connectivity index (χ3v) is 4.52. The Bertz CT molecular complexity index is 772. The number of allylic oxidation sites excluding steroid dienone is 2. The normalized spacial score (nSPS) is 23.9. The summed E-state index contributed by atoms with van der Waals surface area (Å²) < 4.78 is 19.7. The minimum Gasteiger partial charge on any atom is -0.398 e. The molecule has 0 radical (unpaired) electrons. The van der Waals surface area contributed by atoms with Gasteiger partial charge in [0.2, 0.25) is 0 Å². The van der Waals surface area contributed by atoms with Gasteiger partial charge in [0.05, 0.1) is 17.9 Å². The van der Waals surface area contributed by atoms with E-state index in [0.717, 1.165) is 16.7 Å². The Hall–Kier alpha value is -2.15. The lowest BCUT2D eigenvalue weighted by molar-refractivity contribution is 0.120. The second kappa shape index (κ2) is 6.40. The van der Waals surface area contributed by atoms with E-state index in [9.17, 15) is 0 Å². The molecule has 0 amide bonds. The van der Waals surface area contributed by atoms with Gasteiger partial charge in [0.1, 0.15) is 6.10 Å². The van der Waals surface area contributed by atoms with Gasteiger partial charge in [0.15, 0.2) is 0 Å². The number of fused-ring (bicyclic) bond motifs is 1. The quantitative estimate of drug-likeness (QED) is 0.810. The van der Waals surface area contributed by atoms with Gasteiger partial charge in [0.25, 0.3) is 0 Å². The lowest BCUT2D eigenvalue weighted by atomic mass is 9.75. The van der Waals surface area contributed by atoms with Crippen molar-refractivity contribution in [3.8, 4) is 0 Å². The summed E-state index contributed by atoms with van der Waals surface area (Å²) in [6.07, 6.45) is 9.40. The van der Waals surface area contributed by atoms with Gasteiger partial charge in [-0.2, -0.15) is 5.10 Å². The molecule has 0 spiro atoms. The molecule has 1 aromatic carbocycles. The number of aromatic nitrogens is 2. The Morgan fingerprint density at radius 1 is 1.25 bits per heavy atom. The third-order valence-electron chi connectivity index (χ3n) is 4.52. The Morgan fingerprint density at radius 2 is 2.12 bits per heavy atom. The first-order chi connectivity index (χ1) is 11.8. The molecule has 0 bridgehead atoms. The molecule has 0 unspecified atom stereocenters. The van der Waals surface area contributed by atoms with Crippen molar-refractivity contribution in [3.05, 3.63) is 66.5 Å². The Morgan fingerprint density at radius 3 is 2.92 bits per heavy atom.